The molecule has 0 N–H and O–H groups in total. The van der Waals surface area contributed by atoms with Crippen molar-refractivity contribution < 1.29 is 14.3 Å². The third-order valence-corrected chi connectivity index (χ3v) is 6.93. The molecule has 3 aliphatic rings. The predicted octanol–water partition coefficient (Wildman–Crippen LogP) is 4.84. The van der Waals surface area contributed by atoms with Crippen LogP contribution in [0.25, 0.3) is 0 Å². The van der Waals surface area contributed by atoms with Crippen LogP contribution in [0.4, 0.5) is 5.69 Å². The number of benzene rings is 2. The molecule has 0 spiro atoms. The molecule has 1 aliphatic carbocycles. The summed E-state index contributed by atoms with van der Waals surface area (Å²) in [5.41, 5.74) is 5.14. The van der Waals surface area contributed by atoms with E-state index < -0.39 is 0 Å². The molecular weight excluding hydrogens is 402 g/mol. The van der Waals surface area contributed by atoms with Gasteiger partial charge in [-0.25, -0.2) is 4.79 Å². The Morgan fingerprint density at radius 1 is 1.25 bits per heavy atom. The molecule has 2 atom stereocenters. The van der Waals surface area contributed by atoms with Crippen LogP contribution in [0, 0.1) is 30.1 Å². The smallest absolute Gasteiger partial charge is 0.338 e. The number of hydrazone groups is 1. The highest BCUT2D eigenvalue weighted by Gasteiger charge is 2.46. The predicted molar refractivity (Wildman–Crippen MR) is 122 cm³/mol. The summed E-state index contributed by atoms with van der Waals surface area (Å²) in [5.74, 6) is 1.08. The molecule has 0 unspecified atom stereocenters. The molecule has 0 aromatic heterocycles. The van der Waals surface area contributed by atoms with Gasteiger partial charge in [0.1, 0.15) is 5.75 Å². The number of esters is 1. The molecule has 6 heteroatoms. The molecule has 5 rings (SSSR count). The highest BCUT2D eigenvalue weighted by atomic mass is 16.5. The van der Waals surface area contributed by atoms with Gasteiger partial charge in [0.2, 0.25) is 0 Å². The highest BCUT2D eigenvalue weighted by Crippen LogP contribution is 2.44. The molecule has 0 amide bonds. The van der Waals surface area contributed by atoms with Crippen LogP contribution in [0.3, 0.4) is 0 Å². The van der Waals surface area contributed by atoms with Gasteiger partial charge in [-0.3, -0.25) is 5.01 Å². The second kappa shape index (κ2) is 8.31. The molecule has 2 aromatic carbocycles. The number of hydrogen-bond acceptors (Lipinski definition) is 6. The normalized spacial score (nSPS) is 21.9. The van der Waals surface area contributed by atoms with E-state index in [9.17, 15) is 10.1 Å². The minimum absolute atomic E-state index is 0.176. The number of nitrogens with zero attached hydrogens (tertiary/aromatic N) is 3. The Labute approximate surface area is 188 Å². The van der Waals surface area contributed by atoms with Crippen LogP contribution >= 0.6 is 0 Å². The van der Waals surface area contributed by atoms with Gasteiger partial charge in [-0.15, -0.1) is 0 Å². The van der Waals surface area contributed by atoms with Crippen molar-refractivity contribution >= 4 is 17.4 Å². The lowest BCUT2D eigenvalue weighted by atomic mass is 9.81. The molecule has 6 nitrogen and oxygen atoms in total. The van der Waals surface area contributed by atoms with Gasteiger partial charge >= 0.3 is 5.97 Å². The van der Waals surface area contributed by atoms with Crippen LogP contribution in [0.15, 0.2) is 41.5 Å². The van der Waals surface area contributed by atoms with E-state index in [0.717, 1.165) is 22.5 Å². The molecule has 0 saturated heterocycles. The Morgan fingerprint density at radius 3 is 2.78 bits per heavy atom. The maximum Gasteiger partial charge on any atom is 0.338 e. The van der Waals surface area contributed by atoms with Gasteiger partial charge < -0.3 is 9.47 Å². The summed E-state index contributed by atoms with van der Waals surface area (Å²) in [7, 11) is 0. The fraction of sp³-hybridized carbons (Fsp3) is 0.423. The summed E-state index contributed by atoms with van der Waals surface area (Å²) in [4.78, 5) is 12.2. The van der Waals surface area contributed by atoms with Crippen molar-refractivity contribution in [2.75, 3.05) is 18.2 Å². The summed E-state index contributed by atoms with van der Waals surface area (Å²) < 4.78 is 11.3. The van der Waals surface area contributed by atoms with Crippen LogP contribution in [-0.4, -0.2) is 30.9 Å². The first-order chi connectivity index (χ1) is 15.6. The summed E-state index contributed by atoms with van der Waals surface area (Å²) >= 11 is 0. The van der Waals surface area contributed by atoms with Crippen molar-refractivity contribution in [3.8, 4) is 11.8 Å². The highest BCUT2D eigenvalue weighted by molar-refractivity contribution is 6.08. The fourth-order valence-electron chi connectivity index (χ4n) is 5.37. The average molecular weight is 430 g/mol. The number of ether oxygens (including phenoxy) is 2. The first-order valence-corrected chi connectivity index (χ1v) is 11.4. The van der Waals surface area contributed by atoms with Gasteiger partial charge in [0.25, 0.3) is 0 Å². The van der Waals surface area contributed by atoms with Crippen LogP contribution in [-0.2, 0) is 4.74 Å². The zero-order valence-corrected chi connectivity index (χ0v) is 18.5. The lowest BCUT2D eigenvalue weighted by Crippen LogP contribution is -2.43. The second-order valence-electron chi connectivity index (χ2n) is 8.82. The minimum atomic E-state index is -0.340. The van der Waals surface area contributed by atoms with Gasteiger partial charge in [-0.1, -0.05) is 12.8 Å². The number of anilines is 1. The summed E-state index contributed by atoms with van der Waals surface area (Å²) in [5, 5.41) is 16.6. The standard InChI is InChI=1S/C26H27N3O3/c1-3-31-26(30)18-9-11-21-23(13-18)32-15-22-24(21)28-29(25(22)17-6-4-5-7-17)20-10-8-19(14-27)16(2)12-20/h8-13,17,22,25H,3-7,15H2,1-2H3/t22-,25-/m0/s1. The number of rotatable bonds is 4. The van der Waals surface area contributed by atoms with Crippen LogP contribution < -0.4 is 9.75 Å². The monoisotopic (exact) mass is 429 g/mol. The number of carbonyl (C=O) groups excluding carboxylic acids is 1. The summed E-state index contributed by atoms with van der Waals surface area (Å²) in [6.07, 6.45) is 4.91. The molecule has 0 bridgehead atoms. The molecule has 1 fully saturated rings. The van der Waals surface area contributed by atoms with E-state index in [1.165, 1.54) is 25.7 Å². The van der Waals surface area contributed by atoms with Crippen molar-refractivity contribution in [1.82, 2.24) is 0 Å². The van der Waals surface area contributed by atoms with E-state index in [0.29, 0.717) is 36.0 Å². The van der Waals surface area contributed by atoms with Crippen molar-refractivity contribution in [2.24, 2.45) is 16.9 Å². The Morgan fingerprint density at radius 2 is 2.06 bits per heavy atom. The number of fused-ring (bicyclic) bond motifs is 3. The SMILES string of the molecule is CCOC(=O)c1ccc2c(c1)OC[C@H]1C2=NN(c2ccc(C#N)c(C)c2)[C@H]1C1CCCC1. The van der Waals surface area contributed by atoms with Gasteiger partial charge in [-0.2, -0.15) is 10.4 Å². The van der Waals surface area contributed by atoms with Gasteiger partial charge in [0.05, 0.1) is 53.8 Å². The molecule has 0 radical (unpaired) electrons. The van der Waals surface area contributed by atoms with Crippen LogP contribution in [0.1, 0.15) is 59.7 Å². The van der Waals surface area contributed by atoms with Gasteiger partial charge in [0, 0.05) is 5.56 Å². The van der Waals surface area contributed by atoms with Crippen molar-refractivity contribution in [1.29, 1.82) is 5.26 Å². The minimum Gasteiger partial charge on any atom is -0.492 e. The Balaban J connectivity index is 1.55. The number of carbonyl (C=O) groups is 1. The number of nitriles is 1. The summed E-state index contributed by atoms with van der Waals surface area (Å²) in [6.45, 7) is 4.66. The van der Waals surface area contributed by atoms with E-state index in [1.54, 1.807) is 19.1 Å². The first kappa shape index (κ1) is 20.6. The van der Waals surface area contributed by atoms with E-state index in [1.807, 2.05) is 25.1 Å². The van der Waals surface area contributed by atoms with E-state index >= 15 is 0 Å². The van der Waals surface area contributed by atoms with E-state index in [-0.39, 0.29) is 17.9 Å². The maximum absolute atomic E-state index is 12.2. The van der Waals surface area contributed by atoms with E-state index in [2.05, 4.69) is 17.1 Å². The van der Waals surface area contributed by atoms with Crippen molar-refractivity contribution in [3.63, 3.8) is 0 Å². The average Bonchev–Trinajstić information content (AvgIpc) is 3.46. The molecule has 2 aliphatic heterocycles. The molecule has 2 aromatic rings. The second-order valence-corrected chi connectivity index (χ2v) is 8.82. The lowest BCUT2D eigenvalue weighted by molar-refractivity contribution is 0.0525. The first-order valence-electron chi connectivity index (χ1n) is 11.4. The topological polar surface area (TPSA) is 74.9 Å². The molecule has 1 saturated carbocycles. The largest absolute Gasteiger partial charge is 0.492 e. The van der Waals surface area contributed by atoms with Crippen molar-refractivity contribution in [3.05, 3.63) is 58.7 Å². The molecule has 2 heterocycles. The third kappa shape index (κ3) is 3.42. The van der Waals surface area contributed by atoms with Gasteiger partial charge in [-0.05, 0) is 74.6 Å². The molecular formula is C26H27N3O3. The zero-order valence-electron chi connectivity index (χ0n) is 18.5. The third-order valence-electron chi connectivity index (χ3n) is 6.93. The number of hydrogen-bond donors (Lipinski definition) is 0. The van der Waals surface area contributed by atoms with Crippen molar-refractivity contribution in [2.45, 2.75) is 45.6 Å². The Bertz CT molecular complexity index is 1130. The number of aryl methyl sites for hydroxylation is 1. The van der Waals surface area contributed by atoms with Gasteiger partial charge in [0.15, 0.2) is 0 Å². The van der Waals surface area contributed by atoms with Crippen LogP contribution in [0.5, 0.6) is 5.75 Å². The maximum atomic E-state index is 12.2. The quantitative estimate of drug-likeness (QED) is 0.651. The van der Waals surface area contributed by atoms with E-state index in [4.69, 9.17) is 14.6 Å². The Hall–Kier alpha value is -3.33. The lowest BCUT2D eigenvalue weighted by Gasteiger charge is -2.34. The molecule has 164 valence electrons. The zero-order chi connectivity index (χ0) is 22.2. The fourth-order valence-corrected chi connectivity index (χ4v) is 5.37. The Kier molecular flexibility index (Phi) is 5.34. The summed E-state index contributed by atoms with van der Waals surface area (Å²) in [6, 6.07) is 13.9. The molecule has 32 heavy (non-hydrogen) atoms. The van der Waals surface area contributed by atoms with Crippen LogP contribution in [0.2, 0.25) is 0 Å².